The number of carboxylic acid groups (broad SMARTS) is 1. The van der Waals surface area contributed by atoms with Gasteiger partial charge in [-0.15, -0.1) is 0 Å². The molecular weight excluding hydrogens is 1140 g/mol. The highest BCUT2D eigenvalue weighted by molar-refractivity contribution is 5.98. The summed E-state index contributed by atoms with van der Waals surface area (Å²) in [6.07, 6.45) is 4.11. The van der Waals surface area contributed by atoms with Gasteiger partial charge in [0.05, 0.1) is 19.2 Å². The monoisotopic (exact) mass is 1240 g/mol. The summed E-state index contributed by atoms with van der Waals surface area (Å²) < 4.78 is 0. The summed E-state index contributed by atoms with van der Waals surface area (Å²) in [7, 11) is 0. The molecule has 0 bridgehead atoms. The Morgan fingerprint density at radius 1 is 0.443 bits per heavy atom. The molecule has 2 aromatic rings. The maximum atomic E-state index is 14.4. The maximum absolute atomic E-state index is 14.4. The smallest absolute Gasteiger partial charge is 0.326 e. The Morgan fingerprint density at radius 3 is 1.24 bits per heavy atom. The predicted octanol–water partition coefficient (Wildman–Crippen LogP) is -3.51. The van der Waals surface area contributed by atoms with Crippen molar-refractivity contribution in [2.75, 3.05) is 45.9 Å². The number of hydrogen-bond acceptors (Lipinski definition) is 17. The summed E-state index contributed by atoms with van der Waals surface area (Å²) in [5.74, 6) is -8.90. The second-order valence-electron chi connectivity index (χ2n) is 22.0. The van der Waals surface area contributed by atoms with Crippen LogP contribution in [0.2, 0.25) is 0 Å². The van der Waals surface area contributed by atoms with Crippen LogP contribution in [0.15, 0.2) is 65.7 Å². The van der Waals surface area contributed by atoms with Crippen molar-refractivity contribution in [3.63, 3.8) is 0 Å². The molecule has 492 valence electrons. The zero-order valence-electron chi connectivity index (χ0n) is 51.0. The number of aliphatic carboxylic acids is 1. The molecule has 29 heteroatoms. The predicted molar refractivity (Wildman–Crippen MR) is 332 cm³/mol. The fourth-order valence-corrected chi connectivity index (χ4v) is 9.17. The number of aliphatic hydroxyl groups excluding tert-OH is 1. The molecule has 88 heavy (non-hydrogen) atoms. The molecule has 9 amide bonds. The van der Waals surface area contributed by atoms with Crippen molar-refractivity contribution in [3.8, 4) is 0 Å². The molecule has 0 heterocycles. The van der Waals surface area contributed by atoms with Crippen molar-refractivity contribution in [3.05, 3.63) is 71.8 Å². The Bertz CT molecular complexity index is 2490. The number of aliphatic hydroxyl groups is 1. The number of aliphatic imine (C=N–C) groups is 1. The lowest BCUT2D eigenvalue weighted by atomic mass is 10.00. The molecule has 0 aliphatic rings. The van der Waals surface area contributed by atoms with E-state index >= 15 is 0 Å². The highest BCUT2D eigenvalue weighted by Gasteiger charge is 2.35. The molecule has 0 saturated heterocycles. The second-order valence-corrected chi connectivity index (χ2v) is 22.0. The summed E-state index contributed by atoms with van der Waals surface area (Å²) in [5.41, 5.74) is 41.7. The van der Waals surface area contributed by atoms with Gasteiger partial charge < -0.3 is 98.2 Å². The molecule has 0 unspecified atom stereocenters. The van der Waals surface area contributed by atoms with Gasteiger partial charge in [-0.3, -0.25) is 48.1 Å². The van der Waals surface area contributed by atoms with Crippen LogP contribution in [0.3, 0.4) is 0 Å². The fraction of sp³-hybridized carbons (Fsp3) is 0.610. The average Bonchev–Trinajstić information content (AvgIpc) is 3.11. The molecule has 2 rings (SSSR count). The number of benzene rings is 2. The number of carbonyl (C=O) groups is 10. The molecule has 0 saturated carbocycles. The van der Waals surface area contributed by atoms with Gasteiger partial charge in [-0.1, -0.05) is 74.5 Å². The number of nitrogens with two attached hydrogens (primary N) is 7. The van der Waals surface area contributed by atoms with Crippen LogP contribution in [-0.4, -0.2) is 176 Å². The van der Waals surface area contributed by atoms with Crippen molar-refractivity contribution < 1.29 is 58.2 Å². The van der Waals surface area contributed by atoms with Crippen molar-refractivity contribution in [2.45, 2.75) is 177 Å². The normalized spacial score (nSPS) is 14.1. The van der Waals surface area contributed by atoms with Crippen molar-refractivity contribution in [1.82, 2.24) is 47.9 Å². The van der Waals surface area contributed by atoms with E-state index in [1.54, 1.807) is 30.3 Å². The number of hydrogen-bond donors (Lipinski definition) is 18. The zero-order valence-corrected chi connectivity index (χ0v) is 51.0. The van der Waals surface area contributed by atoms with Crippen LogP contribution in [0.25, 0.3) is 0 Å². The molecule has 0 aliphatic carbocycles. The van der Waals surface area contributed by atoms with Crippen molar-refractivity contribution >= 4 is 65.1 Å². The number of rotatable bonds is 46. The summed E-state index contributed by atoms with van der Waals surface area (Å²) >= 11 is 0. The second kappa shape index (κ2) is 43.7. The maximum Gasteiger partial charge on any atom is 0.326 e. The zero-order chi connectivity index (χ0) is 65.4. The van der Waals surface area contributed by atoms with E-state index in [2.05, 4.69) is 52.8 Å². The largest absolute Gasteiger partial charge is 0.480 e. The van der Waals surface area contributed by atoms with Gasteiger partial charge >= 0.3 is 5.97 Å². The quantitative estimate of drug-likeness (QED) is 0.0174. The number of nitrogens with one attached hydrogen (secondary N) is 9. The Labute approximate surface area is 515 Å². The first kappa shape index (κ1) is 76.3. The number of carbonyl (C=O) groups excluding carboxylic acids is 9. The molecule has 29 nitrogen and oxygen atoms in total. The Balaban J connectivity index is 2.36. The molecule has 0 spiro atoms. The van der Waals surface area contributed by atoms with Crippen LogP contribution in [0.5, 0.6) is 0 Å². The van der Waals surface area contributed by atoms with Crippen LogP contribution in [0.4, 0.5) is 0 Å². The van der Waals surface area contributed by atoms with Gasteiger partial charge in [0.15, 0.2) is 5.96 Å². The molecule has 0 aliphatic heterocycles. The Morgan fingerprint density at radius 2 is 0.807 bits per heavy atom. The van der Waals surface area contributed by atoms with Crippen LogP contribution in [0, 0.1) is 5.92 Å². The Hall–Kier alpha value is -7.83. The first-order valence-electron chi connectivity index (χ1n) is 30.3. The van der Waals surface area contributed by atoms with E-state index in [4.69, 9.17) is 40.1 Å². The molecular formula is C59H99N17O12. The van der Waals surface area contributed by atoms with Crippen LogP contribution in [0.1, 0.15) is 121 Å². The molecule has 0 radical (unpaired) electrons. The molecule has 9 atom stereocenters. The number of amides is 9. The van der Waals surface area contributed by atoms with Gasteiger partial charge in [-0.2, -0.15) is 0 Å². The first-order valence-corrected chi connectivity index (χ1v) is 30.3. The van der Waals surface area contributed by atoms with Gasteiger partial charge in [-0.05, 0) is 146 Å². The van der Waals surface area contributed by atoms with Gasteiger partial charge in [0, 0.05) is 13.0 Å². The minimum atomic E-state index is -1.65. The third kappa shape index (κ3) is 31.2. The van der Waals surface area contributed by atoms with E-state index in [-0.39, 0.29) is 89.3 Å². The van der Waals surface area contributed by atoms with Gasteiger partial charge in [-0.25, -0.2) is 4.79 Å². The van der Waals surface area contributed by atoms with E-state index in [1.807, 2.05) is 44.2 Å². The van der Waals surface area contributed by atoms with E-state index in [1.165, 1.54) is 0 Å². The summed E-state index contributed by atoms with van der Waals surface area (Å²) in [6.45, 7) is 3.13. The Kier molecular flexibility index (Phi) is 37.9. The lowest BCUT2D eigenvalue weighted by Gasteiger charge is -2.28. The number of unbranched alkanes of at least 4 members (excludes halogenated alkanes) is 4. The first-order chi connectivity index (χ1) is 42.1. The number of carboxylic acids is 1. The van der Waals surface area contributed by atoms with E-state index in [9.17, 15) is 58.2 Å². The minimum Gasteiger partial charge on any atom is -0.480 e. The number of guanidine groups is 1. The lowest BCUT2D eigenvalue weighted by molar-refractivity contribution is -0.142. The van der Waals surface area contributed by atoms with Crippen LogP contribution < -0.4 is 88.0 Å². The van der Waals surface area contributed by atoms with Crippen LogP contribution in [-0.2, 0) is 60.8 Å². The standard InChI is InChI=1S/C59H99N17O12/c1-37(2)32-46(75-54(83)42(23-10-14-28-61)70-50(79)40(64)33-38-18-5-3-6-19-38)55(84)73-43(24-11-15-29-62)52(81)72-44(26-17-31-67-59(65)66)53(82)71-41(22-9-13-27-60)51(80)68-35-49(78)69-48(36-77)57(86)76-47(34-39-20-7-4-8-21-39)56(85)74-45(58(87)88)25-12-16-30-63/h3-8,18-21,37,40-48,77H,9-17,22-36,60-64H2,1-2H3,(H,68,80)(H,69,78)(H,70,79)(H,71,82)(H,72,81)(H,73,84)(H,74,85)(H,75,83)(H,76,86)(H,87,88)(H4,65,66,67)/t40-,41-,42-,43-,44-,45-,46-,47-,48-/m0/s1. The van der Waals surface area contributed by atoms with Crippen molar-refractivity contribution in [1.29, 1.82) is 0 Å². The fourth-order valence-electron chi connectivity index (χ4n) is 9.17. The molecule has 0 fully saturated rings. The highest BCUT2D eigenvalue weighted by Crippen LogP contribution is 2.13. The minimum absolute atomic E-state index is 0.00608. The van der Waals surface area contributed by atoms with E-state index in [0.29, 0.717) is 70.0 Å². The third-order valence-electron chi connectivity index (χ3n) is 14.0. The topological polar surface area (TPSA) is 514 Å². The summed E-state index contributed by atoms with van der Waals surface area (Å²) in [4.78, 5) is 141. The average molecular weight is 1240 g/mol. The molecule has 25 N–H and O–H groups in total. The molecule has 2 aromatic carbocycles. The highest BCUT2D eigenvalue weighted by atomic mass is 16.4. The third-order valence-corrected chi connectivity index (χ3v) is 14.0. The van der Waals surface area contributed by atoms with E-state index in [0.717, 1.165) is 5.56 Å². The SMILES string of the molecule is CC(C)C[C@H](NC(=O)[C@H](CCCCN)NC(=O)[C@@H](N)Cc1ccccc1)C(=O)N[C@@H](CCCCN)C(=O)N[C@@H](CCCN=C(N)N)C(=O)N[C@@H](CCCCN)C(=O)NCC(=O)N[C@@H](CO)C(=O)N[C@@H](Cc1ccccc1)C(=O)N[C@@H](CCCCN)C(=O)O. The molecule has 0 aromatic heterocycles. The van der Waals surface area contributed by atoms with Gasteiger partial charge in [0.25, 0.3) is 0 Å². The van der Waals surface area contributed by atoms with Crippen LogP contribution >= 0.6 is 0 Å². The van der Waals surface area contributed by atoms with Gasteiger partial charge in [0.1, 0.15) is 48.3 Å². The number of nitrogens with zero attached hydrogens (tertiary/aromatic N) is 1. The van der Waals surface area contributed by atoms with E-state index < -0.39 is 127 Å². The van der Waals surface area contributed by atoms with Gasteiger partial charge in [0.2, 0.25) is 53.2 Å². The summed E-state index contributed by atoms with van der Waals surface area (Å²) in [5, 5.41) is 43.4. The summed E-state index contributed by atoms with van der Waals surface area (Å²) in [6, 6.07) is 6.08. The van der Waals surface area contributed by atoms with Crippen molar-refractivity contribution in [2.24, 2.45) is 51.0 Å². The lowest BCUT2D eigenvalue weighted by Crippen LogP contribution is -2.60.